The van der Waals surface area contributed by atoms with Crippen molar-refractivity contribution in [1.82, 2.24) is 4.98 Å². The third-order valence-corrected chi connectivity index (χ3v) is 3.91. The molecule has 1 heterocycles. The minimum absolute atomic E-state index is 0. The molecule has 4 nitrogen and oxygen atoms in total. The lowest BCUT2D eigenvalue weighted by atomic mass is 9.85. The van der Waals surface area contributed by atoms with Crippen LogP contribution in [0.5, 0.6) is 0 Å². The number of nitrogens with one attached hydrogen (secondary N) is 1. The predicted octanol–water partition coefficient (Wildman–Crippen LogP) is 3.05. The van der Waals surface area contributed by atoms with E-state index in [0.29, 0.717) is 5.92 Å². The maximum atomic E-state index is 12.1. The number of anilines is 1. The Hall–Kier alpha value is -1.13. The van der Waals surface area contributed by atoms with Crippen LogP contribution in [0.3, 0.4) is 0 Å². The quantitative estimate of drug-likeness (QED) is 0.897. The first kappa shape index (κ1) is 16.9. The van der Waals surface area contributed by atoms with Crippen LogP contribution in [0.25, 0.3) is 0 Å². The molecule has 112 valence electrons. The fraction of sp³-hybridized carbons (Fsp3) is 0.600. The molecule has 1 aliphatic carbocycles. The second kappa shape index (κ2) is 8.22. The molecule has 1 atom stereocenters. The lowest BCUT2D eigenvalue weighted by Crippen LogP contribution is -2.37. The molecule has 1 aliphatic rings. The zero-order chi connectivity index (χ0) is 13.7. The first-order valence-corrected chi connectivity index (χ1v) is 7.15. The molecule has 0 spiro atoms. The fourth-order valence-corrected chi connectivity index (χ4v) is 2.73. The van der Waals surface area contributed by atoms with Crippen LogP contribution in [0.15, 0.2) is 18.3 Å². The molecule has 3 N–H and O–H groups in total. The van der Waals surface area contributed by atoms with E-state index in [2.05, 4.69) is 10.3 Å². The van der Waals surface area contributed by atoms with E-state index in [1.165, 1.54) is 32.1 Å². The molecule has 1 amide bonds. The zero-order valence-corrected chi connectivity index (χ0v) is 12.8. The Morgan fingerprint density at radius 3 is 2.80 bits per heavy atom. The van der Waals surface area contributed by atoms with Crippen molar-refractivity contribution >= 4 is 24.0 Å². The summed E-state index contributed by atoms with van der Waals surface area (Å²) >= 11 is 0. The van der Waals surface area contributed by atoms with Crippen molar-refractivity contribution in [2.24, 2.45) is 11.7 Å². The standard InChI is InChI=1S/C15H23N3O.ClH/c1-11-14(8-5-9-17-11)18-15(19)13(16)10-12-6-3-2-4-7-12;/h5,8-9,12-13H,2-4,6-7,10,16H2,1H3,(H,18,19);1H. The average Bonchev–Trinajstić information content (AvgIpc) is 2.42. The molecule has 1 saturated carbocycles. The molecule has 0 radical (unpaired) electrons. The molecule has 1 aromatic rings. The van der Waals surface area contributed by atoms with Crippen LogP contribution in [0.4, 0.5) is 5.69 Å². The SMILES string of the molecule is Cc1ncccc1NC(=O)C(N)CC1CCCCC1.Cl. The maximum absolute atomic E-state index is 12.1. The maximum Gasteiger partial charge on any atom is 0.241 e. The summed E-state index contributed by atoms with van der Waals surface area (Å²) in [6.45, 7) is 1.88. The Bertz CT molecular complexity index is 433. The summed E-state index contributed by atoms with van der Waals surface area (Å²) in [5.41, 5.74) is 7.59. The number of hydrogen-bond donors (Lipinski definition) is 2. The molecule has 1 aromatic heterocycles. The average molecular weight is 298 g/mol. The number of pyridine rings is 1. The monoisotopic (exact) mass is 297 g/mol. The van der Waals surface area contributed by atoms with Crippen LogP contribution in [0.2, 0.25) is 0 Å². The number of carbonyl (C=O) groups excluding carboxylic acids is 1. The van der Waals surface area contributed by atoms with Crippen molar-refractivity contribution in [1.29, 1.82) is 0 Å². The van der Waals surface area contributed by atoms with Gasteiger partial charge in [-0.3, -0.25) is 9.78 Å². The summed E-state index contributed by atoms with van der Waals surface area (Å²) < 4.78 is 0. The van der Waals surface area contributed by atoms with Gasteiger partial charge in [-0.25, -0.2) is 0 Å². The smallest absolute Gasteiger partial charge is 0.241 e. The van der Waals surface area contributed by atoms with Crippen molar-refractivity contribution in [3.8, 4) is 0 Å². The van der Waals surface area contributed by atoms with E-state index in [0.717, 1.165) is 17.8 Å². The number of hydrogen-bond acceptors (Lipinski definition) is 3. The number of nitrogens with zero attached hydrogens (tertiary/aromatic N) is 1. The van der Waals surface area contributed by atoms with Crippen LogP contribution in [-0.4, -0.2) is 16.9 Å². The molecule has 1 fully saturated rings. The molecule has 1 unspecified atom stereocenters. The molecule has 20 heavy (non-hydrogen) atoms. The van der Waals surface area contributed by atoms with E-state index < -0.39 is 6.04 Å². The lowest BCUT2D eigenvalue weighted by Gasteiger charge is -2.24. The Balaban J connectivity index is 0.00000200. The Morgan fingerprint density at radius 1 is 1.45 bits per heavy atom. The van der Waals surface area contributed by atoms with E-state index in [1.807, 2.05) is 19.1 Å². The molecule has 0 saturated heterocycles. The largest absolute Gasteiger partial charge is 0.323 e. The fourth-order valence-electron chi connectivity index (χ4n) is 2.73. The molecule has 0 bridgehead atoms. The van der Waals surface area contributed by atoms with E-state index in [-0.39, 0.29) is 18.3 Å². The van der Waals surface area contributed by atoms with E-state index >= 15 is 0 Å². The third-order valence-electron chi connectivity index (χ3n) is 3.91. The summed E-state index contributed by atoms with van der Waals surface area (Å²) in [5.74, 6) is 0.520. The van der Waals surface area contributed by atoms with Gasteiger partial charge in [-0.15, -0.1) is 12.4 Å². The van der Waals surface area contributed by atoms with Gasteiger partial charge >= 0.3 is 0 Å². The number of nitrogens with two attached hydrogens (primary N) is 1. The predicted molar refractivity (Wildman–Crippen MR) is 84.0 cm³/mol. The van der Waals surface area contributed by atoms with E-state index in [4.69, 9.17) is 5.73 Å². The highest BCUT2D eigenvalue weighted by Crippen LogP contribution is 2.27. The number of amides is 1. The summed E-state index contributed by atoms with van der Waals surface area (Å²) in [4.78, 5) is 16.2. The normalized spacial score (nSPS) is 17.1. The van der Waals surface area contributed by atoms with Gasteiger partial charge in [-0.05, 0) is 31.4 Å². The summed E-state index contributed by atoms with van der Waals surface area (Å²) in [6, 6.07) is 3.26. The highest BCUT2D eigenvalue weighted by Gasteiger charge is 2.21. The van der Waals surface area contributed by atoms with E-state index in [1.54, 1.807) is 6.20 Å². The van der Waals surface area contributed by atoms with Crippen LogP contribution in [-0.2, 0) is 4.79 Å². The van der Waals surface area contributed by atoms with Gasteiger partial charge in [0.1, 0.15) is 0 Å². The topological polar surface area (TPSA) is 68.0 Å². The number of halogens is 1. The minimum atomic E-state index is -0.414. The van der Waals surface area contributed by atoms with Crippen LogP contribution in [0.1, 0.15) is 44.2 Å². The zero-order valence-electron chi connectivity index (χ0n) is 12.0. The Labute approximate surface area is 126 Å². The van der Waals surface area contributed by atoms with Crippen molar-refractivity contribution in [3.63, 3.8) is 0 Å². The van der Waals surface area contributed by atoms with Gasteiger partial charge in [0.25, 0.3) is 0 Å². The van der Waals surface area contributed by atoms with Crippen molar-refractivity contribution < 1.29 is 4.79 Å². The van der Waals surface area contributed by atoms with Crippen LogP contribution < -0.4 is 11.1 Å². The molecule has 0 aromatic carbocycles. The number of carbonyl (C=O) groups is 1. The Morgan fingerprint density at radius 2 is 2.15 bits per heavy atom. The van der Waals surface area contributed by atoms with E-state index in [9.17, 15) is 4.79 Å². The lowest BCUT2D eigenvalue weighted by molar-refractivity contribution is -0.117. The van der Waals surface area contributed by atoms with Gasteiger partial charge in [0.2, 0.25) is 5.91 Å². The van der Waals surface area contributed by atoms with Crippen LogP contribution >= 0.6 is 12.4 Å². The minimum Gasteiger partial charge on any atom is -0.323 e. The molecule has 2 rings (SSSR count). The molecular weight excluding hydrogens is 274 g/mol. The molecule has 5 heteroatoms. The summed E-state index contributed by atoms with van der Waals surface area (Å²) in [6.07, 6.45) is 8.83. The van der Waals surface area contributed by atoms with Gasteiger partial charge in [-0.2, -0.15) is 0 Å². The number of aryl methyl sites for hydroxylation is 1. The third kappa shape index (κ3) is 4.76. The summed E-state index contributed by atoms with van der Waals surface area (Å²) in [7, 11) is 0. The number of rotatable bonds is 4. The van der Waals surface area contributed by atoms with Crippen molar-refractivity contribution in [2.45, 2.75) is 51.5 Å². The van der Waals surface area contributed by atoms with Gasteiger partial charge < -0.3 is 11.1 Å². The molecule has 0 aliphatic heterocycles. The van der Waals surface area contributed by atoms with Crippen molar-refractivity contribution in [2.75, 3.05) is 5.32 Å². The van der Waals surface area contributed by atoms with Gasteiger partial charge in [0.15, 0.2) is 0 Å². The highest BCUT2D eigenvalue weighted by molar-refractivity contribution is 5.95. The summed E-state index contributed by atoms with van der Waals surface area (Å²) in [5, 5.41) is 2.87. The van der Waals surface area contributed by atoms with Crippen molar-refractivity contribution in [3.05, 3.63) is 24.0 Å². The second-order valence-corrected chi connectivity index (χ2v) is 5.47. The highest BCUT2D eigenvalue weighted by atomic mass is 35.5. The first-order chi connectivity index (χ1) is 9.16. The Kier molecular flexibility index (Phi) is 6.96. The first-order valence-electron chi connectivity index (χ1n) is 7.15. The van der Waals surface area contributed by atoms with Gasteiger partial charge in [0.05, 0.1) is 17.4 Å². The van der Waals surface area contributed by atoms with Crippen LogP contribution in [0, 0.1) is 12.8 Å². The van der Waals surface area contributed by atoms with Gasteiger partial charge in [0, 0.05) is 6.20 Å². The molecular formula is C15H24ClN3O. The van der Waals surface area contributed by atoms with Gasteiger partial charge in [-0.1, -0.05) is 32.1 Å². The second-order valence-electron chi connectivity index (χ2n) is 5.47. The number of aromatic nitrogens is 1.